The average molecular weight is 601 g/mol. The van der Waals surface area contributed by atoms with Crippen molar-refractivity contribution in [1.29, 1.82) is 0 Å². The molecule has 11 nitrogen and oxygen atoms in total. The van der Waals surface area contributed by atoms with Crippen molar-refractivity contribution in [2.45, 2.75) is 135 Å². The molecule has 0 N–H and O–H groups in total. The maximum absolute atomic E-state index is 13.2. The third kappa shape index (κ3) is 10.5. The first-order valence-electron chi connectivity index (χ1n) is 14.2. The lowest BCUT2D eigenvalue weighted by atomic mass is 9.92. The Morgan fingerprint density at radius 1 is 0.452 bits per heavy atom. The second-order valence-electron chi connectivity index (χ2n) is 15.9. The highest BCUT2D eigenvalue weighted by molar-refractivity contribution is 5.78. The molecule has 11 heteroatoms. The van der Waals surface area contributed by atoms with Gasteiger partial charge in [-0.05, 0) is 104 Å². The molecule has 42 heavy (non-hydrogen) atoms. The molecule has 1 heterocycles. The molecule has 1 aliphatic rings. The van der Waals surface area contributed by atoms with Crippen molar-refractivity contribution in [3.8, 4) is 0 Å². The number of hydrogen-bond donors (Lipinski definition) is 0. The van der Waals surface area contributed by atoms with Crippen molar-refractivity contribution in [2.24, 2.45) is 27.1 Å². The van der Waals surface area contributed by atoms with Gasteiger partial charge < -0.3 is 28.4 Å². The lowest BCUT2D eigenvalue weighted by Crippen LogP contribution is -2.64. The molecule has 0 spiro atoms. The zero-order valence-corrected chi connectivity index (χ0v) is 28.1. The van der Waals surface area contributed by atoms with Crippen LogP contribution in [0.5, 0.6) is 0 Å². The molecular formula is C31H52O11. The minimum atomic E-state index is -1.59. The SMILES string of the molecule is CC(C)(C)C(=O)OC[C@@H]1OC(OC(=O)C(C)(C)C)[C@H](OC(=O)C(C)(C)C)[C@@H](OC(=O)C(C)(C)C)[C@@H]1OC(=O)C(C)(C)C. The summed E-state index contributed by atoms with van der Waals surface area (Å²) in [5.41, 5.74) is -4.86. The van der Waals surface area contributed by atoms with Crippen LogP contribution in [0.15, 0.2) is 0 Å². The molecule has 0 saturated carbocycles. The van der Waals surface area contributed by atoms with Gasteiger partial charge in [0.2, 0.25) is 12.4 Å². The van der Waals surface area contributed by atoms with Crippen molar-refractivity contribution in [3.05, 3.63) is 0 Å². The van der Waals surface area contributed by atoms with Crippen LogP contribution in [0.2, 0.25) is 0 Å². The van der Waals surface area contributed by atoms with Crippen LogP contribution >= 0.6 is 0 Å². The molecule has 0 aromatic heterocycles. The fourth-order valence-electron chi connectivity index (χ4n) is 3.07. The van der Waals surface area contributed by atoms with Crippen LogP contribution in [0.4, 0.5) is 0 Å². The van der Waals surface area contributed by atoms with Crippen molar-refractivity contribution in [2.75, 3.05) is 6.61 Å². The standard InChI is InChI=1S/C31H52O11/c1-27(2,3)22(32)37-16-17-18(39-23(33)28(4,5)6)19(40-24(34)29(7,8)9)20(41-25(35)30(10,11)12)21(38-17)42-26(36)31(13,14)15/h17-21H,16H2,1-15H3/t17-,18+,19-,20+,21?/m0/s1. The van der Waals surface area contributed by atoms with Gasteiger partial charge in [-0.3, -0.25) is 24.0 Å². The Kier molecular flexibility index (Phi) is 11.5. The first kappa shape index (κ1) is 37.3. The van der Waals surface area contributed by atoms with Crippen molar-refractivity contribution in [3.63, 3.8) is 0 Å². The summed E-state index contributed by atoms with van der Waals surface area (Å²) < 4.78 is 34.9. The third-order valence-electron chi connectivity index (χ3n) is 5.98. The number of rotatable bonds is 6. The van der Waals surface area contributed by atoms with Crippen molar-refractivity contribution in [1.82, 2.24) is 0 Å². The van der Waals surface area contributed by atoms with Crippen LogP contribution < -0.4 is 0 Å². The predicted molar refractivity (Wildman–Crippen MR) is 153 cm³/mol. The summed E-state index contributed by atoms with van der Waals surface area (Å²) in [6, 6.07) is 0. The van der Waals surface area contributed by atoms with Gasteiger partial charge in [-0.2, -0.15) is 0 Å². The van der Waals surface area contributed by atoms with Gasteiger partial charge in [0.15, 0.2) is 12.2 Å². The molecule has 1 fully saturated rings. The molecule has 0 aliphatic carbocycles. The van der Waals surface area contributed by atoms with E-state index in [9.17, 15) is 24.0 Å². The van der Waals surface area contributed by atoms with E-state index in [1.165, 1.54) is 0 Å². The first-order chi connectivity index (χ1) is 18.6. The van der Waals surface area contributed by atoms with E-state index in [2.05, 4.69) is 0 Å². The molecule has 1 rings (SSSR count). The van der Waals surface area contributed by atoms with E-state index < -0.39 is 94.2 Å². The van der Waals surface area contributed by atoms with Gasteiger partial charge in [-0.15, -0.1) is 0 Å². The molecule has 242 valence electrons. The highest BCUT2D eigenvalue weighted by Crippen LogP contribution is 2.35. The molecule has 0 bridgehead atoms. The highest BCUT2D eigenvalue weighted by atomic mass is 16.7. The number of ether oxygens (including phenoxy) is 6. The highest BCUT2D eigenvalue weighted by Gasteiger charge is 2.56. The molecule has 1 unspecified atom stereocenters. The van der Waals surface area contributed by atoms with Gasteiger partial charge in [0.25, 0.3) is 0 Å². The summed E-state index contributed by atoms with van der Waals surface area (Å²) in [5.74, 6) is -3.34. The van der Waals surface area contributed by atoms with E-state index in [1.807, 2.05) is 0 Å². The van der Waals surface area contributed by atoms with E-state index in [-0.39, 0.29) is 0 Å². The summed E-state index contributed by atoms with van der Waals surface area (Å²) in [4.78, 5) is 65.3. The topological polar surface area (TPSA) is 141 Å². The number of hydrogen-bond acceptors (Lipinski definition) is 11. The maximum Gasteiger partial charge on any atom is 0.313 e. The molecule has 5 atom stereocenters. The van der Waals surface area contributed by atoms with Crippen molar-refractivity contribution >= 4 is 29.8 Å². The van der Waals surface area contributed by atoms with Crippen molar-refractivity contribution < 1.29 is 52.4 Å². The predicted octanol–water partition coefficient (Wildman–Crippen LogP) is 4.76. The molecule has 0 amide bonds. The largest absolute Gasteiger partial charge is 0.462 e. The van der Waals surface area contributed by atoms with Gasteiger partial charge in [-0.1, -0.05) is 0 Å². The fourth-order valence-corrected chi connectivity index (χ4v) is 3.07. The number of esters is 5. The first-order valence-corrected chi connectivity index (χ1v) is 14.2. The van der Waals surface area contributed by atoms with E-state index in [0.29, 0.717) is 0 Å². The Bertz CT molecular complexity index is 1010. The molecular weight excluding hydrogens is 548 g/mol. The summed E-state index contributed by atoms with van der Waals surface area (Å²) in [6.07, 6.45) is -7.27. The molecule has 0 aromatic carbocycles. The zero-order chi connectivity index (χ0) is 33.2. The normalized spacial score (nSPS) is 23.8. The van der Waals surface area contributed by atoms with Crippen LogP contribution in [0.25, 0.3) is 0 Å². The molecule has 1 aliphatic heterocycles. The van der Waals surface area contributed by atoms with Crippen LogP contribution in [-0.2, 0) is 52.4 Å². The average Bonchev–Trinajstić information content (AvgIpc) is 2.77. The van der Waals surface area contributed by atoms with E-state index in [4.69, 9.17) is 28.4 Å². The van der Waals surface area contributed by atoms with E-state index in [1.54, 1.807) is 104 Å². The van der Waals surface area contributed by atoms with Crippen LogP contribution in [0.3, 0.4) is 0 Å². The summed E-state index contributed by atoms with van der Waals surface area (Å²) in [7, 11) is 0. The summed E-state index contributed by atoms with van der Waals surface area (Å²) >= 11 is 0. The van der Waals surface area contributed by atoms with Crippen LogP contribution in [-0.4, -0.2) is 67.2 Å². The Labute approximate surface area is 250 Å². The van der Waals surface area contributed by atoms with E-state index >= 15 is 0 Å². The van der Waals surface area contributed by atoms with Gasteiger partial charge >= 0.3 is 29.8 Å². The Balaban J connectivity index is 3.82. The summed E-state index contributed by atoms with van der Waals surface area (Å²) in [5, 5.41) is 0. The number of carbonyl (C=O) groups is 5. The quantitative estimate of drug-likeness (QED) is 0.308. The van der Waals surface area contributed by atoms with Gasteiger partial charge in [0.05, 0.1) is 27.1 Å². The molecule has 0 aromatic rings. The number of carbonyl (C=O) groups excluding carboxylic acids is 5. The van der Waals surface area contributed by atoms with Crippen LogP contribution in [0, 0.1) is 27.1 Å². The smallest absolute Gasteiger partial charge is 0.313 e. The Morgan fingerprint density at radius 2 is 0.762 bits per heavy atom. The molecule has 0 radical (unpaired) electrons. The van der Waals surface area contributed by atoms with Crippen LogP contribution in [0.1, 0.15) is 104 Å². The molecule has 1 saturated heterocycles. The zero-order valence-electron chi connectivity index (χ0n) is 28.1. The fraction of sp³-hybridized carbons (Fsp3) is 0.839. The lowest BCUT2D eigenvalue weighted by molar-refractivity contribution is -0.306. The summed E-state index contributed by atoms with van der Waals surface area (Å²) in [6.45, 7) is 24.1. The maximum atomic E-state index is 13.2. The van der Waals surface area contributed by atoms with E-state index in [0.717, 1.165) is 0 Å². The minimum Gasteiger partial charge on any atom is -0.462 e. The van der Waals surface area contributed by atoms with Gasteiger partial charge in [0, 0.05) is 0 Å². The Morgan fingerprint density at radius 3 is 1.12 bits per heavy atom. The minimum absolute atomic E-state index is 0.439. The monoisotopic (exact) mass is 600 g/mol. The lowest BCUT2D eigenvalue weighted by Gasteiger charge is -2.45. The second-order valence-corrected chi connectivity index (χ2v) is 15.9. The van der Waals surface area contributed by atoms with Gasteiger partial charge in [-0.25, -0.2) is 0 Å². The third-order valence-corrected chi connectivity index (χ3v) is 5.98. The van der Waals surface area contributed by atoms with Gasteiger partial charge in [0.1, 0.15) is 12.7 Å². The second kappa shape index (κ2) is 12.9. The Hall–Kier alpha value is -2.69.